The molecule has 0 bridgehead atoms. The number of hydrogen-bond donors (Lipinski definition) is 1. The Morgan fingerprint density at radius 2 is 2.04 bits per heavy atom. The highest BCUT2D eigenvalue weighted by Gasteiger charge is 2.13. The molecule has 0 saturated heterocycles. The third kappa shape index (κ3) is 5.46. The normalized spacial score (nSPS) is 10.9. The van der Waals surface area contributed by atoms with Crippen LogP contribution < -0.4 is 10.1 Å². The fourth-order valence-electron chi connectivity index (χ4n) is 2.19. The van der Waals surface area contributed by atoms with Crippen molar-refractivity contribution in [2.75, 3.05) is 11.9 Å². The van der Waals surface area contributed by atoms with E-state index in [1.165, 1.54) is 6.08 Å². The lowest BCUT2D eigenvalue weighted by atomic mass is 10.1. The van der Waals surface area contributed by atoms with E-state index in [4.69, 9.17) is 16.3 Å². The minimum atomic E-state index is -0.512. The number of halogens is 3. The van der Waals surface area contributed by atoms with Gasteiger partial charge in [0.05, 0.1) is 8.95 Å². The molecule has 1 amide bonds. The first-order valence-electron chi connectivity index (χ1n) is 7.78. The molecule has 4 nitrogen and oxygen atoms in total. The second-order valence-corrected chi connectivity index (χ2v) is 7.57. The minimum absolute atomic E-state index is 0.0343. The molecule has 0 aromatic heterocycles. The van der Waals surface area contributed by atoms with Gasteiger partial charge in [-0.25, -0.2) is 0 Å². The number of hydrogen-bond acceptors (Lipinski definition) is 3. The second-order valence-electron chi connectivity index (χ2n) is 5.45. The van der Waals surface area contributed by atoms with Crippen molar-refractivity contribution in [1.29, 1.82) is 5.26 Å². The molecule has 1 N–H and O–H groups in total. The Kier molecular flexibility index (Phi) is 7.66. The molecule has 2 rings (SSSR count). The molecule has 138 valence electrons. The lowest BCUT2D eigenvalue weighted by Crippen LogP contribution is -2.14. The summed E-state index contributed by atoms with van der Waals surface area (Å²) in [5.41, 5.74) is 1.92. The molecule has 2 aromatic carbocycles. The van der Waals surface area contributed by atoms with Crippen molar-refractivity contribution in [3.63, 3.8) is 0 Å². The lowest BCUT2D eigenvalue weighted by molar-refractivity contribution is -0.112. The number of rotatable bonds is 6. The predicted molar refractivity (Wildman–Crippen MR) is 116 cm³/mol. The number of anilines is 1. The van der Waals surface area contributed by atoms with Crippen molar-refractivity contribution >= 4 is 61.1 Å². The van der Waals surface area contributed by atoms with Gasteiger partial charge in [-0.2, -0.15) is 5.26 Å². The highest BCUT2D eigenvalue weighted by atomic mass is 79.9. The van der Waals surface area contributed by atoms with Crippen LogP contribution >= 0.6 is 43.5 Å². The SMILES string of the molecule is C=CCOc1c(Br)cc(/C=C(\C#N)C(=O)Nc2cccc(Cl)c2C)cc1Br. The Labute approximate surface area is 179 Å². The molecule has 0 saturated carbocycles. The van der Waals surface area contributed by atoms with Crippen LogP contribution in [0.1, 0.15) is 11.1 Å². The summed E-state index contributed by atoms with van der Waals surface area (Å²) < 4.78 is 6.94. The number of carbonyl (C=O) groups is 1. The molecule has 27 heavy (non-hydrogen) atoms. The van der Waals surface area contributed by atoms with Crippen molar-refractivity contribution < 1.29 is 9.53 Å². The number of nitrogens with one attached hydrogen (secondary N) is 1. The maximum atomic E-state index is 12.5. The number of nitriles is 1. The number of ether oxygens (including phenoxy) is 1. The Morgan fingerprint density at radius 1 is 1.37 bits per heavy atom. The van der Waals surface area contributed by atoms with Gasteiger partial charge in [-0.3, -0.25) is 4.79 Å². The van der Waals surface area contributed by atoms with Gasteiger partial charge in [0, 0.05) is 10.7 Å². The van der Waals surface area contributed by atoms with Gasteiger partial charge in [-0.15, -0.1) is 0 Å². The average Bonchev–Trinajstić information content (AvgIpc) is 2.62. The minimum Gasteiger partial charge on any atom is -0.487 e. The summed E-state index contributed by atoms with van der Waals surface area (Å²) in [6, 6.07) is 10.7. The summed E-state index contributed by atoms with van der Waals surface area (Å²) >= 11 is 12.9. The van der Waals surface area contributed by atoms with Crippen molar-refractivity contribution in [3.8, 4) is 11.8 Å². The number of nitrogens with zero attached hydrogens (tertiary/aromatic N) is 1. The highest BCUT2D eigenvalue weighted by molar-refractivity contribution is 9.11. The van der Waals surface area contributed by atoms with Gasteiger partial charge in [0.25, 0.3) is 5.91 Å². The van der Waals surface area contributed by atoms with E-state index in [1.54, 1.807) is 43.3 Å². The van der Waals surface area contributed by atoms with Gasteiger partial charge in [0.1, 0.15) is 24.0 Å². The molecule has 0 heterocycles. The summed E-state index contributed by atoms with van der Waals surface area (Å²) in [7, 11) is 0. The second kappa shape index (κ2) is 9.75. The Morgan fingerprint density at radius 3 is 2.63 bits per heavy atom. The van der Waals surface area contributed by atoms with E-state index in [-0.39, 0.29) is 5.57 Å². The summed E-state index contributed by atoms with van der Waals surface area (Å²) in [5.74, 6) is 0.103. The fraction of sp³-hybridized carbons (Fsp3) is 0.100. The Hall–Kier alpha value is -2.07. The molecule has 0 aliphatic heterocycles. The van der Waals surface area contributed by atoms with E-state index in [1.807, 2.05) is 6.07 Å². The van der Waals surface area contributed by atoms with Gasteiger partial charge in [-0.1, -0.05) is 30.3 Å². The third-order valence-electron chi connectivity index (χ3n) is 3.56. The molecule has 0 fully saturated rings. The predicted octanol–water partition coefficient (Wildman–Crippen LogP) is 6.28. The van der Waals surface area contributed by atoms with Crippen LogP contribution in [0.25, 0.3) is 6.08 Å². The first-order valence-corrected chi connectivity index (χ1v) is 9.74. The van der Waals surface area contributed by atoms with Crippen molar-refractivity contribution in [1.82, 2.24) is 0 Å². The highest BCUT2D eigenvalue weighted by Crippen LogP contribution is 2.35. The van der Waals surface area contributed by atoms with Gasteiger partial charge in [0.15, 0.2) is 0 Å². The van der Waals surface area contributed by atoms with E-state index in [0.29, 0.717) is 37.6 Å². The fourth-order valence-corrected chi connectivity index (χ4v) is 3.82. The van der Waals surface area contributed by atoms with Crippen LogP contribution in [0.4, 0.5) is 5.69 Å². The first-order chi connectivity index (χ1) is 12.9. The topological polar surface area (TPSA) is 62.1 Å². The van der Waals surface area contributed by atoms with Crippen LogP contribution in [0.3, 0.4) is 0 Å². The van der Waals surface area contributed by atoms with E-state index in [9.17, 15) is 10.1 Å². The molecule has 2 aromatic rings. The Balaban J connectivity index is 2.30. The zero-order valence-electron chi connectivity index (χ0n) is 14.4. The zero-order valence-corrected chi connectivity index (χ0v) is 18.3. The molecular formula is C20H15Br2ClN2O2. The van der Waals surface area contributed by atoms with E-state index < -0.39 is 5.91 Å². The van der Waals surface area contributed by atoms with Crippen LogP contribution in [-0.4, -0.2) is 12.5 Å². The van der Waals surface area contributed by atoms with Gasteiger partial charge >= 0.3 is 0 Å². The summed E-state index contributed by atoms with van der Waals surface area (Å²) in [6.07, 6.45) is 3.14. The lowest BCUT2D eigenvalue weighted by Gasteiger charge is -2.11. The van der Waals surface area contributed by atoms with Gasteiger partial charge in [0.2, 0.25) is 0 Å². The zero-order chi connectivity index (χ0) is 20.0. The monoisotopic (exact) mass is 508 g/mol. The van der Waals surface area contributed by atoms with E-state index in [0.717, 1.165) is 5.56 Å². The molecule has 0 aliphatic carbocycles. The Bertz CT molecular complexity index is 942. The standard InChI is InChI=1S/C20H15Br2ClN2O2/c1-3-7-27-19-15(21)9-13(10-16(19)22)8-14(11-24)20(26)25-18-6-4-5-17(23)12(18)2/h3-6,8-10H,1,7H2,2H3,(H,25,26)/b14-8+. The first kappa shape index (κ1) is 21.2. The number of benzene rings is 2. The van der Waals surface area contributed by atoms with Crippen LogP contribution in [-0.2, 0) is 4.79 Å². The average molecular weight is 511 g/mol. The van der Waals surface area contributed by atoms with Gasteiger partial charge in [-0.05, 0) is 80.3 Å². The maximum absolute atomic E-state index is 12.5. The number of carbonyl (C=O) groups excluding carboxylic acids is 1. The molecule has 7 heteroatoms. The molecular weight excluding hydrogens is 495 g/mol. The van der Waals surface area contributed by atoms with Crippen molar-refractivity contribution in [2.45, 2.75) is 6.92 Å². The molecule has 0 spiro atoms. The summed E-state index contributed by atoms with van der Waals surface area (Å²) in [4.78, 5) is 12.5. The molecule has 0 radical (unpaired) electrons. The van der Waals surface area contributed by atoms with Crippen LogP contribution in [0.15, 0.2) is 57.5 Å². The van der Waals surface area contributed by atoms with Gasteiger partial charge < -0.3 is 10.1 Å². The van der Waals surface area contributed by atoms with E-state index in [2.05, 4.69) is 43.8 Å². The van der Waals surface area contributed by atoms with Crippen molar-refractivity contribution in [3.05, 3.63) is 73.7 Å². The molecule has 0 atom stereocenters. The molecule has 0 aliphatic rings. The number of amides is 1. The maximum Gasteiger partial charge on any atom is 0.266 e. The van der Waals surface area contributed by atoms with Crippen LogP contribution in [0, 0.1) is 18.3 Å². The van der Waals surface area contributed by atoms with Crippen LogP contribution in [0.2, 0.25) is 5.02 Å². The quantitative estimate of drug-likeness (QED) is 0.283. The molecule has 0 unspecified atom stereocenters. The van der Waals surface area contributed by atoms with Crippen LogP contribution in [0.5, 0.6) is 5.75 Å². The summed E-state index contributed by atoms with van der Waals surface area (Å²) in [5, 5.41) is 12.7. The summed E-state index contributed by atoms with van der Waals surface area (Å²) in [6.45, 7) is 5.77. The third-order valence-corrected chi connectivity index (χ3v) is 5.15. The largest absolute Gasteiger partial charge is 0.487 e. The van der Waals surface area contributed by atoms with Crippen molar-refractivity contribution in [2.24, 2.45) is 0 Å². The van der Waals surface area contributed by atoms with E-state index >= 15 is 0 Å². The smallest absolute Gasteiger partial charge is 0.266 e.